The number of halogens is 1. The number of rotatable bonds is 9. The molecule has 102 valence electrons. The van der Waals surface area contributed by atoms with Crippen LogP contribution in [0.1, 0.15) is 39.5 Å². The molecule has 0 amide bonds. The van der Waals surface area contributed by atoms with Crippen molar-refractivity contribution >= 4 is 11.6 Å². The molecule has 0 spiro atoms. The van der Waals surface area contributed by atoms with Crippen molar-refractivity contribution in [2.24, 2.45) is 0 Å². The molecule has 0 fully saturated rings. The lowest BCUT2D eigenvalue weighted by Gasteiger charge is -2.18. The monoisotopic (exact) mass is 269 g/mol. The second kappa shape index (κ2) is 9.23. The normalized spacial score (nSPS) is 12.4. The van der Waals surface area contributed by atoms with Crippen molar-refractivity contribution in [1.29, 1.82) is 0 Å². The van der Waals surface area contributed by atoms with Gasteiger partial charge >= 0.3 is 0 Å². The van der Waals surface area contributed by atoms with Crippen molar-refractivity contribution in [3.05, 3.63) is 29.3 Å². The van der Waals surface area contributed by atoms with Gasteiger partial charge < -0.3 is 10.1 Å². The first-order valence-electron chi connectivity index (χ1n) is 6.88. The highest BCUT2D eigenvalue weighted by Crippen LogP contribution is 2.17. The largest absolute Gasteiger partial charge is 0.492 e. The van der Waals surface area contributed by atoms with Crippen molar-refractivity contribution in [3.8, 4) is 5.75 Å². The standard InChI is InChI=1S/C15H24ClNO/c1-3-5-6-9-14(17-4-2)12-18-15-10-7-8-13(16)11-15/h7-8,10-11,14,17H,3-6,9,12H2,1-2H3. The van der Waals surface area contributed by atoms with Crippen molar-refractivity contribution in [3.63, 3.8) is 0 Å². The Morgan fingerprint density at radius 3 is 2.78 bits per heavy atom. The maximum absolute atomic E-state index is 5.93. The van der Waals surface area contributed by atoms with Crippen LogP contribution < -0.4 is 10.1 Å². The van der Waals surface area contributed by atoms with E-state index in [9.17, 15) is 0 Å². The molecule has 0 heterocycles. The van der Waals surface area contributed by atoms with Gasteiger partial charge in [0.15, 0.2) is 0 Å². The molecule has 0 aromatic heterocycles. The molecule has 0 aliphatic rings. The molecular formula is C15H24ClNO. The fourth-order valence-electron chi connectivity index (χ4n) is 1.93. The third kappa shape index (κ3) is 6.27. The molecule has 0 saturated carbocycles. The summed E-state index contributed by atoms with van der Waals surface area (Å²) in [6.07, 6.45) is 4.97. The molecule has 0 aliphatic heterocycles. The summed E-state index contributed by atoms with van der Waals surface area (Å²) in [5.74, 6) is 0.848. The number of nitrogens with one attached hydrogen (secondary N) is 1. The third-order valence-corrected chi connectivity index (χ3v) is 3.13. The van der Waals surface area contributed by atoms with Gasteiger partial charge in [-0.05, 0) is 31.2 Å². The number of likely N-dealkylation sites (N-methyl/N-ethyl adjacent to an activating group) is 1. The lowest BCUT2D eigenvalue weighted by Crippen LogP contribution is -2.34. The van der Waals surface area contributed by atoms with Crippen LogP contribution in [-0.2, 0) is 0 Å². The van der Waals surface area contributed by atoms with Gasteiger partial charge in [0.1, 0.15) is 12.4 Å². The Kier molecular flexibility index (Phi) is 7.86. The summed E-state index contributed by atoms with van der Waals surface area (Å²) in [5.41, 5.74) is 0. The fraction of sp³-hybridized carbons (Fsp3) is 0.600. The van der Waals surface area contributed by atoms with Crippen LogP contribution in [0.25, 0.3) is 0 Å². The summed E-state index contributed by atoms with van der Waals surface area (Å²) >= 11 is 5.93. The van der Waals surface area contributed by atoms with E-state index in [1.807, 2.05) is 24.3 Å². The van der Waals surface area contributed by atoms with Crippen molar-refractivity contribution < 1.29 is 4.74 Å². The van der Waals surface area contributed by atoms with Crippen molar-refractivity contribution in [1.82, 2.24) is 5.32 Å². The molecule has 2 nitrogen and oxygen atoms in total. The second-order valence-electron chi connectivity index (χ2n) is 4.52. The zero-order valence-corrected chi connectivity index (χ0v) is 12.2. The molecule has 1 atom stereocenters. The van der Waals surface area contributed by atoms with E-state index < -0.39 is 0 Å². The Labute approximate surface area is 116 Å². The zero-order valence-electron chi connectivity index (χ0n) is 11.4. The summed E-state index contributed by atoms with van der Waals surface area (Å²) in [7, 11) is 0. The number of ether oxygens (including phenoxy) is 1. The van der Waals surface area contributed by atoms with E-state index in [1.165, 1.54) is 25.7 Å². The van der Waals surface area contributed by atoms with E-state index in [2.05, 4.69) is 19.2 Å². The summed E-state index contributed by atoms with van der Waals surface area (Å²) in [6.45, 7) is 6.05. The topological polar surface area (TPSA) is 21.3 Å². The molecule has 18 heavy (non-hydrogen) atoms. The number of hydrogen-bond acceptors (Lipinski definition) is 2. The average Bonchev–Trinajstić information content (AvgIpc) is 2.36. The van der Waals surface area contributed by atoms with E-state index in [4.69, 9.17) is 16.3 Å². The van der Waals surface area contributed by atoms with Gasteiger partial charge in [0.05, 0.1) is 0 Å². The van der Waals surface area contributed by atoms with E-state index in [1.54, 1.807) is 0 Å². The molecular weight excluding hydrogens is 246 g/mol. The van der Waals surface area contributed by atoms with Gasteiger partial charge in [0.2, 0.25) is 0 Å². The molecule has 0 bridgehead atoms. The van der Waals surface area contributed by atoms with Crippen LogP contribution in [0.15, 0.2) is 24.3 Å². The first-order chi connectivity index (χ1) is 8.76. The quantitative estimate of drug-likeness (QED) is 0.676. The summed E-state index contributed by atoms with van der Waals surface area (Å²) in [6, 6.07) is 8.01. The molecule has 1 N–H and O–H groups in total. The van der Waals surface area contributed by atoms with Gasteiger partial charge in [-0.2, -0.15) is 0 Å². The third-order valence-electron chi connectivity index (χ3n) is 2.90. The van der Waals surface area contributed by atoms with Gasteiger partial charge in [-0.25, -0.2) is 0 Å². The highest BCUT2D eigenvalue weighted by atomic mass is 35.5. The van der Waals surface area contributed by atoms with Gasteiger partial charge in [0, 0.05) is 11.1 Å². The van der Waals surface area contributed by atoms with Crippen molar-refractivity contribution in [2.75, 3.05) is 13.2 Å². The lowest BCUT2D eigenvalue weighted by atomic mass is 10.1. The van der Waals surface area contributed by atoms with Crippen LogP contribution in [0.4, 0.5) is 0 Å². The van der Waals surface area contributed by atoms with Crippen LogP contribution >= 0.6 is 11.6 Å². The molecule has 0 aliphatic carbocycles. The number of hydrogen-bond donors (Lipinski definition) is 1. The summed E-state index contributed by atoms with van der Waals surface area (Å²) < 4.78 is 5.79. The molecule has 0 radical (unpaired) electrons. The minimum Gasteiger partial charge on any atom is -0.492 e. The van der Waals surface area contributed by atoms with Gasteiger partial charge in [-0.15, -0.1) is 0 Å². The second-order valence-corrected chi connectivity index (χ2v) is 4.96. The predicted molar refractivity (Wildman–Crippen MR) is 78.6 cm³/mol. The van der Waals surface area contributed by atoms with Gasteiger partial charge in [-0.3, -0.25) is 0 Å². The molecule has 0 saturated heterocycles. The number of benzene rings is 1. The number of unbranched alkanes of at least 4 members (excludes halogenated alkanes) is 2. The van der Waals surface area contributed by atoms with Crippen molar-refractivity contribution in [2.45, 2.75) is 45.6 Å². The van der Waals surface area contributed by atoms with Gasteiger partial charge in [-0.1, -0.05) is 50.8 Å². The van der Waals surface area contributed by atoms with Crippen LogP contribution in [0.3, 0.4) is 0 Å². The fourth-order valence-corrected chi connectivity index (χ4v) is 2.11. The molecule has 1 aromatic rings. The summed E-state index contributed by atoms with van der Waals surface area (Å²) in [5, 5.41) is 4.19. The van der Waals surface area contributed by atoms with Gasteiger partial charge in [0.25, 0.3) is 0 Å². The Bertz CT molecular complexity index is 330. The minimum absolute atomic E-state index is 0.431. The Hall–Kier alpha value is -0.730. The highest BCUT2D eigenvalue weighted by molar-refractivity contribution is 6.30. The maximum atomic E-state index is 5.93. The van der Waals surface area contributed by atoms with E-state index in [0.29, 0.717) is 12.6 Å². The Morgan fingerprint density at radius 1 is 1.28 bits per heavy atom. The summed E-state index contributed by atoms with van der Waals surface area (Å²) in [4.78, 5) is 0. The van der Waals surface area contributed by atoms with Crippen LogP contribution in [0.2, 0.25) is 5.02 Å². The van der Waals surface area contributed by atoms with Crippen LogP contribution in [-0.4, -0.2) is 19.2 Å². The maximum Gasteiger partial charge on any atom is 0.120 e. The zero-order chi connectivity index (χ0) is 13.2. The first kappa shape index (κ1) is 15.3. The van der Waals surface area contributed by atoms with E-state index >= 15 is 0 Å². The minimum atomic E-state index is 0.431. The average molecular weight is 270 g/mol. The Morgan fingerprint density at radius 2 is 2.11 bits per heavy atom. The first-order valence-corrected chi connectivity index (χ1v) is 7.25. The predicted octanol–water partition coefficient (Wildman–Crippen LogP) is 4.28. The molecule has 1 unspecified atom stereocenters. The lowest BCUT2D eigenvalue weighted by molar-refractivity contribution is 0.255. The smallest absolute Gasteiger partial charge is 0.120 e. The molecule has 3 heteroatoms. The SMILES string of the molecule is CCCCCC(COc1cccc(Cl)c1)NCC. The molecule has 1 aromatic carbocycles. The van der Waals surface area contributed by atoms with E-state index in [-0.39, 0.29) is 0 Å². The van der Waals surface area contributed by atoms with E-state index in [0.717, 1.165) is 17.3 Å². The Balaban J connectivity index is 2.36. The van der Waals surface area contributed by atoms with Crippen LogP contribution in [0.5, 0.6) is 5.75 Å². The van der Waals surface area contributed by atoms with Crippen LogP contribution in [0, 0.1) is 0 Å². The molecule has 1 rings (SSSR count). The highest BCUT2D eigenvalue weighted by Gasteiger charge is 2.07.